The van der Waals surface area contributed by atoms with Crippen LogP contribution in [-0.4, -0.2) is 31.3 Å². The van der Waals surface area contributed by atoms with Crippen LogP contribution >= 0.6 is 0 Å². The number of nitrogens with zero attached hydrogens (tertiary/aromatic N) is 1. The summed E-state index contributed by atoms with van der Waals surface area (Å²) in [5.41, 5.74) is 1.15. The fraction of sp³-hybridized carbons (Fsp3) is 0.450. The van der Waals surface area contributed by atoms with E-state index < -0.39 is 0 Å². The first-order chi connectivity index (χ1) is 12.2. The minimum atomic E-state index is 0.483. The number of methoxy groups -OCH3 is 1. The van der Waals surface area contributed by atoms with Gasteiger partial charge in [0, 0.05) is 44.1 Å². The van der Waals surface area contributed by atoms with Gasteiger partial charge in [0.15, 0.2) is 0 Å². The van der Waals surface area contributed by atoms with Gasteiger partial charge >= 0.3 is 0 Å². The Hall–Kier alpha value is -2.11. The number of aromatic nitrogens is 1. The molecule has 1 unspecified atom stereocenters. The summed E-state index contributed by atoms with van der Waals surface area (Å²) in [6.45, 7) is 4.83. The summed E-state index contributed by atoms with van der Waals surface area (Å²) in [5.74, 6) is 2.75. The average molecular weight is 342 g/mol. The minimum absolute atomic E-state index is 0.483. The number of ether oxygens (including phenoxy) is 3. The van der Waals surface area contributed by atoms with E-state index in [1.807, 2.05) is 42.6 Å². The highest BCUT2D eigenvalue weighted by molar-refractivity contribution is 5.35. The monoisotopic (exact) mass is 342 g/mol. The van der Waals surface area contributed by atoms with Crippen LogP contribution in [0, 0.1) is 5.92 Å². The van der Waals surface area contributed by atoms with Crippen molar-refractivity contribution in [2.24, 2.45) is 5.92 Å². The van der Waals surface area contributed by atoms with Crippen LogP contribution in [0.15, 0.2) is 42.6 Å². The minimum Gasteiger partial charge on any atom is -0.497 e. The molecule has 1 aromatic heterocycles. The zero-order chi connectivity index (χ0) is 17.5. The Bertz CT molecular complexity index is 654. The van der Waals surface area contributed by atoms with Gasteiger partial charge in [0.05, 0.1) is 7.11 Å². The molecule has 0 bridgehead atoms. The quantitative estimate of drug-likeness (QED) is 0.830. The van der Waals surface area contributed by atoms with Crippen LogP contribution in [-0.2, 0) is 11.3 Å². The van der Waals surface area contributed by atoms with Gasteiger partial charge in [-0.1, -0.05) is 12.1 Å². The standard InChI is InChI=1S/C20H26N2O3/c1-15(17-8-10-24-11-9-17)21-13-16-6-7-20(22-14-16)25-19-5-3-4-18(12-19)23-2/h3-7,12,14-15,17,21H,8-11,13H2,1-2H3. The van der Waals surface area contributed by atoms with Crippen LogP contribution < -0.4 is 14.8 Å². The summed E-state index contributed by atoms with van der Waals surface area (Å²) in [5, 5.41) is 3.60. The van der Waals surface area contributed by atoms with Crippen molar-refractivity contribution in [1.29, 1.82) is 0 Å². The summed E-state index contributed by atoms with van der Waals surface area (Å²) in [7, 11) is 1.64. The fourth-order valence-electron chi connectivity index (χ4n) is 3.02. The zero-order valence-corrected chi connectivity index (χ0v) is 14.9. The predicted molar refractivity (Wildman–Crippen MR) is 97.1 cm³/mol. The Balaban J connectivity index is 1.51. The molecule has 5 heteroatoms. The maximum absolute atomic E-state index is 5.77. The van der Waals surface area contributed by atoms with Gasteiger partial charge in [0.2, 0.25) is 5.88 Å². The van der Waals surface area contributed by atoms with E-state index in [2.05, 4.69) is 17.2 Å². The lowest BCUT2D eigenvalue weighted by Crippen LogP contribution is -2.36. The summed E-state index contributed by atoms with van der Waals surface area (Å²) in [4.78, 5) is 4.40. The fourth-order valence-corrected chi connectivity index (χ4v) is 3.02. The lowest BCUT2D eigenvalue weighted by atomic mass is 9.93. The third kappa shape index (κ3) is 5.18. The van der Waals surface area contributed by atoms with E-state index in [1.165, 1.54) is 0 Å². The second-order valence-corrected chi connectivity index (χ2v) is 6.41. The number of nitrogens with one attached hydrogen (secondary N) is 1. The summed E-state index contributed by atoms with van der Waals surface area (Å²) in [6.07, 6.45) is 4.14. The van der Waals surface area contributed by atoms with Gasteiger partial charge < -0.3 is 19.5 Å². The van der Waals surface area contributed by atoms with Gasteiger partial charge in [-0.15, -0.1) is 0 Å². The lowest BCUT2D eigenvalue weighted by molar-refractivity contribution is 0.0558. The van der Waals surface area contributed by atoms with Crippen LogP contribution in [0.5, 0.6) is 17.4 Å². The van der Waals surface area contributed by atoms with Crippen molar-refractivity contribution in [3.63, 3.8) is 0 Å². The first-order valence-electron chi connectivity index (χ1n) is 8.82. The van der Waals surface area contributed by atoms with Gasteiger partial charge in [-0.25, -0.2) is 4.98 Å². The van der Waals surface area contributed by atoms with Crippen molar-refractivity contribution in [3.05, 3.63) is 48.2 Å². The maximum atomic E-state index is 5.77. The van der Waals surface area contributed by atoms with Crippen molar-refractivity contribution in [3.8, 4) is 17.4 Å². The molecule has 1 aliphatic rings. The van der Waals surface area contributed by atoms with E-state index in [-0.39, 0.29) is 0 Å². The molecule has 2 heterocycles. The van der Waals surface area contributed by atoms with Crippen LogP contribution in [0.25, 0.3) is 0 Å². The highest BCUT2D eigenvalue weighted by Gasteiger charge is 2.19. The molecule has 3 rings (SSSR count). The molecule has 1 aromatic carbocycles. The Morgan fingerprint density at radius 1 is 1.20 bits per heavy atom. The molecule has 1 fully saturated rings. The van der Waals surface area contributed by atoms with Crippen molar-refractivity contribution in [1.82, 2.24) is 10.3 Å². The topological polar surface area (TPSA) is 52.6 Å². The smallest absolute Gasteiger partial charge is 0.219 e. The maximum Gasteiger partial charge on any atom is 0.219 e. The largest absolute Gasteiger partial charge is 0.497 e. The molecule has 2 aromatic rings. The molecule has 1 saturated heterocycles. The van der Waals surface area contributed by atoms with Crippen molar-refractivity contribution < 1.29 is 14.2 Å². The summed E-state index contributed by atoms with van der Waals surface area (Å²) < 4.78 is 16.4. The van der Waals surface area contributed by atoms with E-state index >= 15 is 0 Å². The van der Waals surface area contributed by atoms with Crippen molar-refractivity contribution >= 4 is 0 Å². The third-order valence-electron chi connectivity index (χ3n) is 4.66. The average Bonchev–Trinajstić information content (AvgIpc) is 2.68. The first kappa shape index (κ1) is 17.7. The van der Waals surface area contributed by atoms with Gasteiger partial charge in [-0.05, 0) is 43.4 Å². The number of rotatable bonds is 7. The molecule has 1 atom stereocenters. The van der Waals surface area contributed by atoms with Gasteiger partial charge in [0.25, 0.3) is 0 Å². The summed E-state index contributed by atoms with van der Waals surface area (Å²) >= 11 is 0. The van der Waals surface area contributed by atoms with Crippen LogP contribution in [0.2, 0.25) is 0 Å². The first-order valence-corrected chi connectivity index (χ1v) is 8.82. The van der Waals surface area contributed by atoms with Gasteiger partial charge in [0.1, 0.15) is 11.5 Å². The number of hydrogen-bond donors (Lipinski definition) is 1. The Kier molecular flexibility index (Phi) is 6.25. The third-order valence-corrected chi connectivity index (χ3v) is 4.66. The molecule has 5 nitrogen and oxygen atoms in total. The molecule has 0 spiro atoms. The van der Waals surface area contributed by atoms with Crippen LogP contribution in [0.3, 0.4) is 0 Å². The highest BCUT2D eigenvalue weighted by atomic mass is 16.5. The number of hydrogen-bond acceptors (Lipinski definition) is 5. The van der Waals surface area contributed by atoms with Gasteiger partial charge in [-0.2, -0.15) is 0 Å². The van der Waals surface area contributed by atoms with E-state index in [4.69, 9.17) is 14.2 Å². The molecule has 134 valence electrons. The lowest BCUT2D eigenvalue weighted by Gasteiger charge is -2.28. The Morgan fingerprint density at radius 3 is 2.72 bits per heavy atom. The molecule has 0 radical (unpaired) electrons. The van der Waals surface area contributed by atoms with E-state index in [9.17, 15) is 0 Å². The Morgan fingerprint density at radius 2 is 2.00 bits per heavy atom. The Labute approximate surface area is 149 Å². The van der Waals surface area contributed by atoms with Crippen LogP contribution in [0.1, 0.15) is 25.3 Å². The number of pyridine rings is 1. The van der Waals surface area contributed by atoms with E-state index in [1.54, 1.807) is 7.11 Å². The molecule has 0 saturated carbocycles. The molecule has 25 heavy (non-hydrogen) atoms. The highest BCUT2D eigenvalue weighted by Crippen LogP contribution is 2.24. The molecule has 0 aliphatic carbocycles. The van der Waals surface area contributed by atoms with Gasteiger partial charge in [-0.3, -0.25) is 0 Å². The van der Waals surface area contributed by atoms with Crippen molar-refractivity contribution in [2.45, 2.75) is 32.4 Å². The zero-order valence-electron chi connectivity index (χ0n) is 14.9. The normalized spacial score (nSPS) is 16.4. The van der Waals surface area contributed by atoms with E-state index in [0.717, 1.165) is 43.9 Å². The van der Waals surface area contributed by atoms with Crippen LogP contribution in [0.4, 0.5) is 0 Å². The van der Waals surface area contributed by atoms with Crippen molar-refractivity contribution in [2.75, 3.05) is 20.3 Å². The molecule has 0 amide bonds. The molecular formula is C20H26N2O3. The number of benzene rings is 1. The summed E-state index contributed by atoms with van der Waals surface area (Å²) in [6, 6.07) is 11.9. The predicted octanol–water partition coefficient (Wildman–Crippen LogP) is 3.79. The molecule has 1 N–H and O–H groups in total. The SMILES string of the molecule is COc1cccc(Oc2ccc(CNC(C)C3CCOCC3)cn2)c1. The molecule has 1 aliphatic heterocycles. The van der Waals surface area contributed by atoms with E-state index in [0.29, 0.717) is 23.6 Å². The second kappa shape index (κ2) is 8.83. The molecular weight excluding hydrogens is 316 g/mol. The second-order valence-electron chi connectivity index (χ2n) is 6.41.